The van der Waals surface area contributed by atoms with Crippen LogP contribution in [0.3, 0.4) is 0 Å². The minimum Gasteiger partial charge on any atom is -0.448 e. The number of pyridine rings is 1. The van der Waals surface area contributed by atoms with Gasteiger partial charge in [0, 0.05) is 62.8 Å². The van der Waals surface area contributed by atoms with Crippen LogP contribution in [0.15, 0.2) is 54.7 Å². The van der Waals surface area contributed by atoms with E-state index in [1.807, 2.05) is 41.1 Å². The second-order valence-corrected chi connectivity index (χ2v) is 10.8. The molecule has 1 atom stereocenters. The first-order chi connectivity index (χ1) is 19.2. The maximum atomic E-state index is 14.0. The van der Waals surface area contributed by atoms with Gasteiger partial charge in [-0.1, -0.05) is 48.0 Å². The molecule has 1 aromatic heterocycles. The number of ether oxygens (including phenoxy) is 1. The van der Waals surface area contributed by atoms with Crippen molar-refractivity contribution in [2.45, 2.75) is 45.3 Å². The number of nitrogens with zero attached hydrogens (tertiary/aromatic N) is 4. The number of fused-ring (bicyclic) bond motifs is 1. The van der Waals surface area contributed by atoms with Crippen LogP contribution in [0.5, 0.6) is 0 Å². The molecule has 0 unspecified atom stereocenters. The number of halogens is 2. The lowest BCUT2D eigenvalue weighted by atomic mass is 10.1. The number of nitrogens with one attached hydrogen (secondary N) is 1. The predicted molar refractivity (Wildman–Crippen MR) is 156 cm³/mol. The zero-order valence-electron chi connectivity index (χ0n) is 23.3. The second-order valence-electron chi connectivity index (χ2n) is 10.5. The van der Waals surface area contributed by atoms with Gasteiger partial charge in [0.2, 0.25) is 5.91 Å². The van der Waals surface area contributed by atoms with Gasteiger partial charge in [0.1, 0.15) is 18.2 Å². The van der Waals surface area contributed by atoms with E-state index in [0.717, 1.165) is 23.9 Å². The van der Waals surface area contributed by atoms with Crippen molar-refractivity contribution in [2.24, 2.45) is 0 Å². The van der Waals surface area contributed by atoms with Gasteiger partial charge in [0.15, 0.2) is 0 Å². The number of benzene rings is 2. The number of anilines is 1. The van der Waals surface area contributed by atoms with Gasteiger partial charge in [-0.05, 0) is 50.4 Å². The lowest BCUT2D eigenvalue weighted by molar-refractivity contribution is -0.133. The van der Waals surface area contributed by atoms with Crippen molar-refractivity contribution >= 4 is 40.2 Å². The minimum atomic E-state index is -0.638. The van der Waals surface area contributed by atoms with Gasteiger partial charge in [-0.15, -0.1) is 0 Å². The van der Waals surface area contributed by atoms with Gasteiger partial charge in [0.25, 0.3) is 0 Å². The van der Waals surface area contributed by atoms with Crippen LogP contribution in [0, 0.1) is 5.82 Å². The molecule has 10 heteroatoms. The molecule has 214 valence electrons. The highest BCUT2D eigenvalue weighted by Crippen LogP contribution is 2.23. The largest absolute Gasteiger partial charge is 0.448 e. The summed E-state index contributed by atoms with van der Waals surface area (Å²) in [5, 5.41) is 4.66. The molecule has 2 amide bonds. The Morgan fingerprint density at radius 2 is 1.82 bits per heavy atom. The van der Waals surface area contributed by atoms with E-state index in [4.69, 9.17) is 16.3 Å². The van der Waals surface area contributed by atoms with E-state index in [1.165, 1.54) is 6.07 Å². The van der Waals surface area contributed by atoms with E-state index in [9.17, 15) is 14.0 Å². The van der Waals surface area contributed by atoms with Crippen molar-refractivity contribution in [1.29, 1.82) is 0 Å². The molecule has 0 spiro atoms. The summed E-state index contributed by atoms with van der Waals surface area (Å²) in [7, 11) is 1.85. The van der Waals surface area contributed by atoms with Crippen molar-refractivity contribution in [3.05, 3.63) is 71.1 Å². The van der Waals surface area contributed by atoms with Gasteiger partial charge in [-0.3, -0.25) is 19.9 Å². The topological polar surface area (TPSA) is 78.0 Å². The zero-order chi connectivity index (χ0) is 28.6. The van der Waals surface area contributed by atoms with E-state index >= 15 is 0 Å². The van der Waals surface area contributed by atoms with Crippen molar-refractivity contribution in [2.75, 3.05) is 45.2 Å². The molecule has 0 radical (unpaired) electrons. The van der Waals surface area contributed by atoms with Gasteiger partial charge < -0.3 is 9.64 Å². The first-order valence-electron chi connectivity index (χ1n) is 13.6. The molecule has 1 fully saturated rings. The summed E-state index contributed by atoms with van der Waals surface area (Å²) in [6.45, 7) is 7.82. The van der Waals surface area contributed by atoms with Crippen LogP contribution in [-0.4, -0.2) is 83.6 Å². The standard InChI is InChI=1S/C30H37ClFN5O3/c1-21(2)36-13-15-37(16-14-36)28(38)12-11-25(35(3)19-24-9-6-10-26(32)29(24)31)20-40-30(39)34-27-17-22-7-4-5-8-23(22)18-33-27/h4-10,17-18,21,25H,11-16,19-20H2,1-3H3,(H,33,34,39)/t25-/m1/s1. The normalized spacial score (nSPS) is 15.0. The van der Waals surface area contributed by atoms with E-state index in [0.29, 0.717) is 49.9 Å². The molecule has 40 heavy (non-hydrogen) atoms. The number of carbonyl (C=O) groups is 2. The van der Waals surface area contributed by atoms with E-state index in [-0.39, 0.29) is 23.6 Å². The Morgan fingerprint density at radius 3 is 2.55 bits per heavy atom. The van der Waals surface area contributed by atoms with Gasteiger partial charge >= 0.3 is 6.09 Å². The Morgan fingerprint density at radius 1 is 1.10 bits per heavy atom. The zero-order valence-corrected chi connectivity index (χ0v) is 24.0. The summed E-state index contributed by atoms with van der Waals surface area (Å²) >= 11 is 6.20. The Labute approximate surface area is 240 Å². The maximum Gasteiger partial charge on any atom is 0.412 e. The Kier molecular flexibility index (Phi) is 10.3. The maximum absolute atomic E-state index is 14.0. The summed E-state index contributed by atoms with van der Waals surface area (Å²) in [5.74, 6) is -0.0235. The Hall–Kier alpha value is -3.27. The van der Waals surface area contributed by atoms with Gasteiger partial charge in [0.05, 0.1) is 5.02 Å². The van der Waals surface area contributed by atoms with Crippen molar-refractivity contribution in [1.82, 2.24) is 19.7 Å². The number of carbonyl (C=O) groups excluding carboxylic acids is 2. The quantitative estimate of drug-likeness (QED) is 0.352. The van der Waals surface area contributed by atoms with Crippen molar-refractivity contribution in [3.63, 3.8) is 0 Å². The molecule has 8 nitrogen and oxygen atoms in total. The van der Waals surface area contributed by atoms with Crippen LogP contribution in [0.1, 0.15) is 32.3 Å². The number of hydrogen-bond donors (Lipinski definition) is 1. The molecule has 2 aromatic carbocycles. The molecule has 1 aliphatic rings. The first kappa shape index (κ1) is 29.7. The van der Waals surface area contributed by atoms with Crippen LogP contribution in [-0.2, 0) is 16.1 Å². The van der Waals surface area contributed by atoms with Crippen LogP contribution in [0.25, 0.3) is 10.8 Å². The molecule has 1 N–H and O–H groups in total. The molecule has 3 aromatic rings. The fourth-order valence-corrected chi connectivity index (χ4v) is 5.09. The third kappa shape index (κ3) is 7.90. The fourth-order valence-electron chi connectivity index (χ4n) is 4.90. The molecule has 2 heterocycles. The SMILES string of the molecule is CC(C)N1CCN(C(=O)CC[C@H](COC(=O)Nc2cc3ccccc3cn2)N(C)Cc2cccc(F)c2Cl)CC1. The smallest absolute Gasteiger partial charge is 0.412 e. The van der Waals surface area contributed by atoms with Crippen molar-refractivity contribution < 1.29 is 18.7 Å². The minimum absolute atomic E-state index is 0.0389. The molecule has 0 aliphatic carbocycles. The summed E-state index contributed by atoms with van der Waals surface area (Å²) in [5.41, 5.74) is 0.620. The molecular formula is C30H37ClFN5O3. The highest BCUT2D eigenvalue weighted by Gasteiger charge is 2.25. The third-order valence-corrected chi connectivity index (χ3v) is 7.85. The lowest BCUT2D eigenvalue weighted by Crippen LogP contribution is -2.51. The molecule has 4 rings (SSSR count). The first-order valence-corrected chi connectivity index (χ1v) is 14.0. The van der Waals surface area contributed by atoms with E-state index in [1.54, 1.807) is 24.4 Å². The summed E-state index contributed by atoms with van der Waals surface area (Å²) < 4.78 is 19.6. The Bertz CT molecular complexity index is 1320. The van der Waals surface area contributed by atoms with Crippen LogP contribution in [0.2, 0.25) is 5.02 Å². The molecule has 1 saturated heterocycles. The van der Waals surface area contributed by atoms with Crippen LogP contribution in [0.4, 0.5) is 15.0 Å². The molecule has 1 aliphatic heterocycles. The number of rotatable bonds is 10. The molecule has 0 saturated carbocycles. The van der Waals surface area contributed by atoms with Crippen LogP contribution >= 0.6 is 11.6 Å². The second kappa shape index (κ2) is 13.9. The fraction of sp³-hybridized carbons (Fsp3) is 0.433. The molecular weight excluding hydrogens is 533 g/mol. The average molecular weight is 570 g/mol. The number of likely N-dealkylation sites (N-methyl/N-ethyl adjacent to an activating group) is 1. The van der Waals surface area contributed by atoms with E-state index < -0.39 is 11.9 Å². The summed E-state index contributed by atoms with van der Waals surface area (Å²) in [4.78, 5) is 36.2. The lowest BCUT2D eigenvalue weighted by Gasteiger charge is -2.37. The van der Waals surface area contributed by atoms with Gasteiger partial charge in [-0.2, -0.15) is 0 Å². The number of amides is 2. The number of aromatic nitrogens is 1. The summed E-state index contributed by atoms with van der Waals surface area (Å²) in [6.07, 6.45) is 1.83. The predicted octanol–water partition coefficient (Wildman–Crippen LogP) is 5.41. The summed E-state index contributed by atoms with van der Waals surface area (Å²) in [6, 6.07) is 14.4. The van der Waals surface area contributed by atoms with Gasteiger partial charge in [-0.25, -0.2) is 14.2 Å². The Balaban J connectivity index is 1.38. The highest BCUT2D eigenvalue weighted by molar-refractivity contribution is 6.31. The monoisotopic (exact) mass is 569 g/mol. The third-order valence-electron chi connectivity index (χ3n) is 7.43. The molecule has 0 bridgehead atoms. The highest BCUT2D eigenvalue weighted by atomic mass is 35.5. The average Bonchev–Trinajstić information content (AvgIpc) is 2.95. The number of piperazine rings is 1. The number of hydrogen-bond acceptors (Lipinski definition) is 6. The van der Waals surface area contributed by atoms with Crippen LogP contribution < -0.4 is 5.32 Å². The van der Waals surface area contributed by atoms with Crippen molar-refractivity contribution in [3.8, 4) is 0 Å². The van der Waals surface area contributed by atoms with E-state index in [2.05, 4.69) is 29.0 Å².